The molecule has 1 aromatic rings. The van der Waals surface area contributed by atoms with Crippen molar-refractivity contribution in [2.75, 3.05) is 13.1 Å². The number of likely N-dealkylation sites (tertiary alicyclic amines) is 1. The van der Waals surface area contributed by atoms with Gasteiger partial charge in [-0.05, 0) is 41.9 Å². The number of hydrogen-bond acceptors (Lipinski definition) is 2. The lowest BCUT2D eigenvalue weighted by atomic mass is 9.68. The van der Waals surface area contributed by atoms with Gasteiger partial charge in [0, 0.05) is 19.5 Å². The third kappa shape index (κ3) is 3.63. The molecule has 2 atom stereocenters. The van der Waals surface area contributed by atoms with E-state index in [0.717, 1.165) is 38.8 Å². The van der Waals surface area contributed by atoms with Crippen molar-refractivity contribution < 1.29 is 9.90 Å². The van der Waals surface area contributed by atoms with E-state index in [9.17, 15) is 9.90 Å². The number of carbonyl (C=O) groups is 1. The Kier molecular flexibility index (Phi) is 5.49. The monoisotopic (exact) mass is 303 g/mol. The molecular weight excluding hydrogens is 274 g/mol. The van der Waals surface area contributed by atoms with Crippen LogP contribution < -0.4 is 0 Å². The van der Waals surface area contributed by atoms with E-state index in [2.05, 4.69) is 26.8 Å². The number of phenols is 1. The number of amides is 1. The summed E-state index contributed by atoms with van der Waals surface area (Å²) in [6.07, 6.45) is 4.93. The van der Waals surface area contributed by atoms with Crippen molar-refractivity contribution in [1.82, 2.24) is 4.90 Å². The largest absolute Gasteiger partial charge is 0.508 e. The Balaban J connectivity index is 2.01. The van der Waals surface area contributed by atoms with Crippen LogP contribution in [0.4, 0.5) is 0 Å². The van der Waals surface area contributed by atoms with Gasteiger partial charge in [-0.25, -0.2) is 0 Å². The molecule has 1 aliphatic heterocycles. The zero-order chi connectivity index (χ0) is 16.2. The number of benzene rings is 1. The SMILES string of the molecule is CCCCCC(=O)N1CC[C@@](C)(c2cccc(O)c2)[C@@H](C)C1. The number of rotatable bonds is 5. The quantitative estimate of drug-likeness (QED) is 0.832. The van der Waals surface area contributed by atoms with E-state index < -0.39 is 0 Å². The van der Waals surface area contributed by atoms with Gasteiger partial charge in [0.25, 0.3) is 0 Å². The number of unbranched alkanes of at least 4 members (excludes halogenated alkanes) is 2. The molecule has 0 aromatic heterocycles. The van der Waals surface area contributed by atoms with E-state index in [-0.39, 0.29) is 5.41 Å². The molecule has 122 valence electrons. The molecule has 0 aliphatic carbocycles. The maximum Gasteiger partial charge on any atom is 0.222 e. The van der Waals surface area contributed by atoms with E-state index >= 15 is 0 Å². The summed E-state index contributed by atoms with van der Waals surface area (Å²) in [4.78, 5) is 14.3. The Bertz CT molecular complexity index is 514. The van der Waals surface area contributed by atoms with E-state index in [1.807, 2.05) is 17.0 Å². The fourth-order valence-electron chi connectivity index (χ4n) is 3.44. The predicted molar refractivity (Wildman–Crippen MR) is 90.0 cm³/mol. The van der Waals surface area contributed by atoms with Crippen molar-refractivity contribution in [2.24, 2.45) is 5.92 Å². The molecule has 1 fully saturated rings. The molecule has 0 radical (unpaired) electrons. The average Bonchev–Trinajstić information content (AvgIpc) is 2.50. The highest BCUT2D eigenvalue weighted by atomic mass is 16.3. The van der Waals surface area contributed by atoms with Crippen molar-refractivity contribution >= 4 is 5.91 Å². The molecule has 22 heavy (non-hydrogen) atoms. The smallest absolute Gasteiger partial charge is 0.222 e. The van der Waals surface area contributed by atoms with Gasteiger partial charge in [0.05, 0.1) is 0 Å². The lowest BCUT2D eigenvalue weighted by molar-refractivity contribution is -0.134. The van der Waals surface area contributed by atoms with Crippen LogP contribution in [-0.4, -0.2) is 29.0 Å². The van der Waals surface area contributed by atoms with E-state index in [1.165, 1.54) is 5.56 Å². The highest BCUT2D eigenvalue weighted by Crippen LogP contribution is 2.40. The molecule has 3 heteroatoms. The first-order valence-electron chi connectivity index (χ1n) is 8.54. The van der Waals surface area contributed by atoms with Crippen molar-refractivity contribution in [2.45, 2.75) is 58.3 Å². The number of piperidine rings is 1. The lowest BCUT2D eigenvalue weighted by Gasteiger charge is -2.45. The molecule has 1 saturated heterocycles. The number of nitrogens with zero attached hydrogens (tertiary/aromatic N) is 1. The van der Waals surface area contributed by atoms with Crippen LogP contribution in [-0.2, 0) is 10.2 Å². The van der Waals surface area contributed by atoms with Gasteiger partial charge in [-0.1, -0.05) is 45.7 Å². The second-order valence-electron chi connectivity index (χ2n) is 6.92. The lowest BCUT2D eigenvalue weighted by Crippen LogP contribution is -2.49. The number of hydrogen-bond donors (Lipinski definition) is 1. The maximum absolute atomic E-state index is 12.3. The number of aromatic hydroxyl groups is 1. The first-order chi connectivity index (χ1) is 10.5. The standard InChI is InChI=1S/C19H29NO2/c1-4-5-6-10-18(22)20-12-11-19(3,15(2)14-20)16-8-7-9-17(21)13-16/h7-9,13,15,21H,4-6,10-12,14H2,1-3H3/t15-,19+/m0/s1. The van der Waals surface area contributed by atoms with Crippen LogP contribution in [0.5, 0.6) is 5.75 Å². The summed E-state index contributed by atoms with van der Waals surface area (Å²) in [5, 5.41) is 9.74. The van der Waals surface area contributed by atoms with Crippen LogP contribution in [0.15, 0.2) is 24.3 Å². The first-order valence-corrected chi connectivity index (χ1v) is 8.54. The minimum Gasteiger partial charge on any atom is -0.508 e. The molecule has 3 nitrogen and oxygen atoms in total. The highest BCUT2D eigenvalue weighted by molar-refractivity contribution is 5.76. The van der Waals surface area contributed by atoms with E-state index in [4.69, 9.17) is 0 Å². The van der Waals surface area contributed by atoms with Crippen molar-refractivity contribution in [3.63, 3.8) is 0 Å². The van der Waals surface area contributed by atoms with E-state index in [0.29, 0.717) is 24.0 Å². The van der Waals surface area contributed by atoms with Crippen LogP contribution in [0.3, 0.4) is 0 Å². The third-order valence-electron chi connectivity index (χ3n) is 5.34. The van der Waals surface area contributed by atoms with Crippen molar-refractivity contribution in [3.05, 3.63) is 29.8 Å². The van der Waals surface area contributed by atoms with Gasteiger partial charge in [-0.3, -0.25) is 4.79 Å². The first kappa shape index (κ1) is 16.9. The number of carbonyl (C=O) groups excluding carboxylic acids is 1. The van der Waals surface area contributed by atoms with Crippen LogP contribution in [0.1, 0.15) is 58.4 Å². The molecule has 1 aromatic carbocycles. The van der Waals surface area contributed by atoms with Gasteiger partial charge in [0.15, 0.2) is 0 Å². The minimum atomic E-state index is 0.0267. The van der Waals surface area contributed by atoms with Gasteiger partial charge < -0.3 is 10.0 Å². The fourth-order valence-corrected chi connectivity index (χ4v) is 3.44. The van der Waals surface area contributed by atoms with Crippen LogP contribution in [0.2, 0.25) is 0 Å². The molecule has 0 saturated carbocycles. The van der Waals surface area contributed by atoms with Crippen molar-refractivity contribution in [1.29, 1.82) is 0 Å². The second kappa shape index (κ2) is 7.17. The van der Waals surface area contributed by atoms with Gasteiger partial charge in [-0.2, -0.15) is 0 Å². The molecule has 2 rings (SSSR count). The molecule has 0 bridgehead atoms. The zero-order valence-electron chi connectivity index (χ0n) is 14.1. The zero-order valence-corrected chi connectivity index (χ0v) is 14.1. The summed E-state index contributed by atoms with van der Waals surface area (Å²) in [7, 11) is 0. The van der Waals surface area contributed by atoms with Crippen LogP contribution in [0, 0.1) is 5.92 Å². The van der Waals surface area contributed by atoms with Crippen LogP contribution >= 0.6 is 0 Å². The van der Waals surface area contributed by atoms with Gasteiger partial charge >= 0.3 is 0 Å². The summed E-state index contributed by atoms with van der Waals surface area (Å²) in [6, 6.07) is 7.58. The van der Waals surface area contributed by atoms with Gasteiger partial charge in [0.2, 0.25) is 5.91 Å². The Morgan fingerprint density at radius 3 is 2.82 bits per heavy atom. The van der Waals surface area contributed by atoms with Crippen molar-refractivity contribution in [3.8, 4) is 5.75 Å². The summed E-state index contributed by atoms with van der Waals surface area (Å²) in [5.41, 5.74) is 1.21. The Labute approximate surface area is 134 Å². The topological polar surface area (TPSA) is 40.5 Å². The maximum atomic E-state index is 12.3. The molecule has 1 amide bonds. The minimum absolute atomic E-state index is 0.0267. The summed E-state index contributed by atoms with van der Waals surface area (Å²) < 4.78 is 0. The summed E-state index contributed by atoms with van der Waals surface area (Å²) in [6.45, 7) is 8.27. The molecule has 0 unspecified atom stereocenters. The second-order valence-corrected chi connectivity index (χ2v) is 6.92. The molecule has 1 aliphatic rings. The molecular formula is C19H29NO2. The normalized spacial score (nSPS) is 25.2. The van der Waals surface area contributed by atoms with Crippen LogP contribution in [0.25, 0.3) is 0 Å². The predicted octanol–water partition coefficient (Wildman–Crippen LogP) is 4.10. The average molecular weight is 303 g/mol. The fraction of sp³-hybridized carbons (Fsp3) is 0.632. The van der Waals surface area contributed by atoms with Gasteiger partial charge in [0.1, 0.15) is 5.75 Å². The Hall–Kier alpha value is -1.51. The Morgan fingerprint density at radius 2 is 2.18 bits per heavy atom. The molecule has 1 heterocycles. The van der Waals surface area contributed by atoms with E-state index in [1.54, 1.807) is 6.07 Å². The third-order valence-corrected chi connectivity index (χ3v) is 5.34. The summed E-state index contributed by atoms with van der Waals surface area (Å²) in [5.74, 6) is 1.01. The highest BCUT2D eigenvalue weighted by Gasteiger charge is 2.39. The number of phenolic OH excluding ortho intramolecular Hbond substituents is 1. The van der Waals surface area contributed by atoms with Gasteiger partial charge in [-0.15, -0.1) is 0 Å². The summed E-state index contributed by atoms with van der Waals surface area (Å²) >= 11 is 0. The molecule has 0 spiro atoms. The Morgan fingerprint density at radius 1 is 1.41 bits per heavy atom. The molecule has 1 N–H and O–H groups in total.